The topological polar surface area (TPSA) is 35.5 Å². The molecule has 0 fully saturated rings. The Labute approximate surface area is 124 Å². The van der Waals surface area contributed by atoms with Crippen LogP contribution in [0.4, 0.5) is 0 Å². The molecule has 0 aliphatic rings. The highest BCUT2D eigenvalue weighted by atomic mass is 16.6. The van der Waals surface area contributed by atoms with Crippen LogP contribution in [0, 0.1) is 12.3 Å². The highest BCUT2D eigenvalue weighted by Gasteiger charge is 2.44. The maximum absolute atomic E-state index is 12.5. The molecular formula is C18H16O3. The van der Waals surface area contributed by atoms with Gasteiger partial charge in [0.2, 0.25) is 5.60 Å². The van der Waals surface area contributed by atoms with Crippen LogP contribution >= 0.6 is 0 Å². The Kier molecular flexibility index (Phi) is 4.76. The lowest BCUT2D eigenvalue weighted by Crippen LogP contribution is -2.41. The fourth-order valence-electron chi connectivity index (χ4n) is 2.27. The van der Waals surface area contributed by atoms with E-state index in [9.17, 15) is 4.79 Å². The summed E-state index contributed by atoms with van der Waals surface area (Å²) in [6.45, 7) is -0.00110. The highest BCUT2D eigenvalue weighted by Crippen LogP contribution is 2.35. The van der Waals surface area contributed by atoms with E-state index >= 15 is 0 Å². The second kappa shape index (κ2) is 6.74. The van der Waals surface area contributed by atoms with Crippen molar-refractivity contribution in [3.8, 4) is 12.3 Å². The third-order valence-corrected chi connectivity index (χ3v) is 3.21. The summed E-state index contributed by atoms with van der Waals surface area (Å²) >= 11 is 0. The zero-order chi connectivity index (χ0) is 15.1. The highest BCUT2D eigenvalue weighted by molar-refractivity contribution is 5.85. The second-order valence-electron chi connectivity index (χ2n) is 4.40. The van der Waals surface area contributed by atoms with Crippen molar-refractivity contribution >= 4 is 5.97 Å². The summed E-state index contributed by atoms with van der Waals surface area (Å²) in [4.78, 5) is 12.5. The van der Waals surface area contributed by atoms with Gasteiger partial charge in [0, 0.05) is 0 Å². The molecular weight excluding hydrogens is 264 g/mol. The van der Waals surface area contributed by atoms with Crippen molar-refractivity contribution < 1.29 is 14.3 Å². The van der Waals surface area contributed by atoms with E-state index in [1.54, 1.807) is 0 Å². The van der Waals surface area contributed by atoms with E-state index in [0.29, 0.717) is 11.1 Å². The van der Waals surface area contributed by atoms with E-state index in [2.05, 4.69) is 5.92 Å². The van der Waals surface area contributed by atoms with E-state index in [1.165, 1.54) is 7.11 Å². The van der Waals surface area contributed by atoms with Gasteiger partial charge in [0.25, 0.3) is 0 Å². The van der Waals surface area contributed by atoms with E-state index in [1.807, 2.05) is 60.7 Å². The molecule has 3 heteroatoms. The molecule has 106 valence electrons. The van der Waals surface area contributed by atoms with Gasteiger partial charge in [-0.25, -0.2) is 4.79 Å². The minimum Gasteiger partial charge on any atom is -0.466 e. The van der Waals surface area contributed by atoms with Gasteiger partial charge in [-0.1, -0.05) is 66.6 Å². The van der Waals surface area contributed by atoms with Crippen molar-refractivity contribution in [2.75, 3.05) is 13.7 Å². The molecule has 0 aromatic heterocycles. The lowest BCUT2D eigenvalue weighted by atomic mass is 9.86. The van der Waals surface area contributed by atoms with Crippen molar-refractivity contribution in [3.05, 3.63) is 71.8 Å². The summed E-state index contributed by atoms with van der Waals surface area (Å²) in [6, 6.07) is 18.4. The van der Waals surface area contributed by atoms with Gasteiger partial charge in [-0.3, -0.25) is 0 Å². The van der Waals surface area contributed by atoms with Crippen molar-refractivity contribution in [2.24, 2.45) is 0 Å². The number of rotatable bonds is 5. The first kappa shape index (κ1) is 14.8. The minimum atomic E-state index is -1.36. The standard InChI is InChI=1S/C18H16O3/c1-3-14-21-18(17(19)20-2,15-10-6-4-7-11-15)16-12-8-5-9-13-16/h1,4-13H,14H2,2H3. The molecule has 0 bridgehead atoms. The summed E-state index contributed by atoms with van der Waals surface area (Å²) in [5, 5.41) is 0. The van der Waals surface area contributed by atoms with Crippen LogP contribution in [0.3, 0.4) is 0 Å². The molecule has 0 aliphatic heterocycles. The molecule has 21 heavy (non-hydrogen) atoms. The third kappa shape index (κ3) is 2.81. The summed E-state index contributed by atoms with van der Waals surface area (Å²) in [5.41, 5.74) is 0.000463. The number of ether oxygens (including phenoxy) is 2. The van der Waals surface area contributed by atoms with Gasteiger partial charge >= 0.3 is 5.97 Å². The van der Waals surface area contributed by atoms with Gasteiger partial charge in [-0.05, 0) is 11.1 Å². The average Bonchev–Trinajstić information content (AvgIpc) is 2.57. The normalized spacial score (nSPS) is 10.7. The molecule has 0 aliphatic carbocycles. The zero-order valence-corrected chi connectivity index (χ0v) is 11.8. The van der Waals surface area contributed by atoms with Crippen molar-refractivity contribution in [2.45, 2.75) is 5.60 Å². The summed E-state index contributed by atoms with van der Waals surface area (Å²) < 4.78 is 10.8. The van der Waals surface area contributed by atoms with Gasteiger partial charge in [0.1, 0.15) is 6.61 Å². The molecule has 0 radical (unpaired) electrons. The zero-order valence-electron chi connectivity index (χ0n) is 11.8. The molecule has 0 spiro atoms. The number of benzene rings is 2. The number of carbonyl (C=O) groups is 1. The van der Waals surface area contributed by atoms with Crippen LogP contribution in [-0.2, 0) is 19.9 Å². The number of esters is 1. The van der Waals surface area contributed by atoms with Crippen molar-refractivity contribution in [1.29, 1.82) is 0 Å². The van der Waals surface area contributed by atoms with E-state index in [-0.39, 0.29) is 6.61 Å². The Morgan fingerprint density at radius 1 is 1.05 bits per heavy atom. The monoisotopic (exact) mass is 280 g/mol. The number of methoxy groups -OCH3 is 1. The summed E-state index contributed by atoms with van der Waals surface area (Å²) in [7, 11) is 1.34. The van der Waals surface area contributed by atoms with Crippen LogP contribution in [-0.4, -0.2) is 19.7 Å². The predicted molar refractivity (Wildman–Crippen MR) is 80.5 cm³/mol. The van der Waals surface area contributed by atoms with Gasteiger partial charge in [-0.15, -0.1) is 6.42 Å². The Bertz CT molecular complexity index is 587. The Morgan fingerprint density at radius 2 is 1.52 bits per heavy atom. The summed E-state index contributed by atoms with van der Waals surface area (Å²) in [5.74, 6) is 1.91. The van der Waals surface area contributed by atoms with Gasteiger partial charge in [-0.2, -0.15) is 0 Å². The smallest absolute Gasteiger partial charge is 0.347 e. The number of terminal acetylenes is 1. The van der Waals surface area contributed by atoms with Gasteiger partial charge in [0.15, 0.2) is 0 Å². The molecule has 2 rings (SSSR count). The van der Waals surface area contributed by atoms with Crippen LogP contribution in [0.25, 0.3) is 0 Å². The number of hydrogen-bond donors (Lipinski definition) is 0. The van der Waals surface area contributed by atoms with Gasteiger partial charge in [0.05, 0.1) is 7.11 Å². The Morgan fingerprint density at radius 3 is 1.90 bits per heavy atom. The fraction of sp³-hybridized carbons (Fsp3) is 0.167. The average molecular weight is 280 g/mol. The first-order chi connectivity index (χ1) is 10.3. The molecule has 0 saturated heterocycles. The second-order valence-corrected chi connectivity index (χ2v) is 4.40. The molecule has 0 amide bonds. The molecule has 0 atom stereocenters. The Balaban J connectivity index is 2.66. The molecule has 0 saturated carbocycles. The largest absolute Gasteiger partial charge is 0.466 e. The summed E-state index contributed by atoms with van der Waals surface area (Å²) in [6.07, 6.45) is 5.31. The van der Waals surface area contributed by atoms with Crippen molar-refractivity contribution in [3.63, 3.8) is 0 Å². The predicted octanol–water partition coefficient (Wildman–Crippen LogP) is 2.75. The molecule has 2 aromatic rings. The first-order valence-corrected chi connectivity index (χ1v) is 6.52. The van der Waals surface area contributed by atoms with E-state index < -0.39 is 11.6 Å². The minimum absolute atomic E-state index is 0.00110. The Hall–Kier alpha value is -2.57. The van der Waals surface area contributed by atoms with Crippen LogP contribution in [0.1, 0.15) is 11.1 Å². The molecule has 0 heterocycles. The van der Waals surface area contributed by atoms with Gasteiger partial charge < -0.3 is 9.47 Å². The number of carbonyl (C=O) groups excluding carboxylic acids is 1. The molecule has 0 unspecified atom stereocenters. The fourth-order valence-corrected chi connectivity index (χ4v) is 2.27. The van der Waals surface area contributed by atoms with Crippen molar-refractivity contribution in [1.82, 2.24) is 0 Å². The molecule has 0 N–H and O–H groups in total. The van der Waals surface area contributed by atoms with E-state index in [4.69, 9.17) is 15.9 Å². The lowest BCUT2D eigenvalue weighted by molar-refractivity contribution is -0.164. The maximum Gasteiger partial charge on any atom is 0.347 e. The van der Waals surface area contributed by atoms with Crippen LogP contribution < -0.4 is 0 Å². The SMILES string of the molecule is C#CCOC(C(=O)OC)(c1ccccc1)c1ccccc1. The van der Waals surface area contributed by atoms with Crippen LogP contribution in [0.15, 0.2) is 60.7 Å². The third-order valence-electron chi connectivity index (χ3n) is 3.21. The maximum atomic E-state index is 12.5. The number of hydrogen-bond acceptors (Lipinski definition) is 3. The van der Waals surface area contributed by atoms with E-state index in [0.717, 1.165) is 0 Å². The molecule has 3 nitrogen and oxygen atoms in total. The lowest BCUT2D eigenvalue weighted by Gasteiger charge is -2.31. The quantitative estimate of drug-likeness (QED) is 0.624. The first-order valence-electron chi connectivity index (χ1n) is 6.52. The van der Waals surface area contributed by atoms with Crippen LogP contribution in [0.2, 0.25) is 0 Å². The molecule has 2 aromatic carbocycles. The van der Waals surface area contributed by atoms with Crippen LogP contribution in [0.5, 0.6) is 0 Å².